The maximum Gasteiger partial charge on any atom is 1.00 e. The number of rotatable bonds is 4. The number of carboxylic acid groups (broad SMARTS) is 5. The van der Waals surface area contributed by atoms with Crippen molar-refractivity contribution >= 4 is 29.8 Å². The van der Waals surface area contributed by atoms with Crippen LogP contribution in [0, 0.1) is 0 Å². The fourth-order valence-corrected chi connectivity index (χ4v) is 0.329. The second-order valence-electron chi connectivity index (χ2n) is 3.92. The number of hydrogen-bond donors (Lipinski definition) is 8. The van der Waals surface area contributed by atoms with E-state index in [2.05, 4.69) is 5.32 Å². The Morgan fingerprint density at radius 1 is 0.621 bits per heavy atom. The SMILES string of the molecule is CC(=O)O.CC(=O)O.CC(=O)O.CC(=O)O.CC(=O)O.NCCNCCN.[Fe].[H-].[Na+]. The smallest absolute Gasteiger partial charge is 1.00 e. The van der Waals surface area contributed by atoms with Gasteiger partial charge in [0.25, 0.3) is 29.8 Å². The number of nitrogens with one attached hydrogen (secondary N) is 1. The summed E-state index contributed by atoms with van der Waals surface area (Å²) in [5.41, 5.74) is 10.3. The van der Waals surface area contributed by atoms with Crippen molar-refractivity contribution in [3.63, 3.8) is 0 Å². The van der Waals surface area contributed by atoms with Crippen LogP contribution in [0.3, 0.4) is 0 Å². The summed E-state index contributed by atoms with van der Waals surface area (Å²) in [6.45, 7) is 8.55. The molecule has 0 bridgehead atoms. The van der Waals surface area contributed by atoms with Crippen molar-refractivity contribution in [2.45, 2.75) is 34.6 Å². The Kier molecular flexibility index (Phi) is 88.6. The minimum atomic E-state index is -0.833. The Morgan fingerprint density at radius 3 is 0.793 bits per heavy atom. The van der Waals surface area contributed by atoms with Crippen LogP contribution in [0.4, 0.5) is 0 Å². The van der Waals surface area contributed by atoms with E-state index >= 15 is 0 Å². The minimum absolute atomic E-state index is 0. The number of carbonyl (C=O) groups is 5. The van der Waals surface area contributed by atoms with E-state index in [-0.39, 0.29) is 48.1 Å². The van der Waals surface area contributed by atoms with Crippen molar-refractivity contribution in [1.82, 2.24) is 5.32 Å². The molecule has 0 aliphatic heterocycles. The number of aliphatic carboxylic acids is 5. The molecular formula is C14H34FeN3NaO10. The van der Waals surface area contributed by atoms with Gasteiger partial charge in [0, 0.05) is 77.9 Å². The molecule has 0 spiro atoms. The average Bonchev–Trinajstić information content (AvgIpc) is 2.35. The molecule has 29 heavy (non-hydrogen) atoms. The summed E-state index contributed by atoms with van der Waals surface area (Å²) >= 11 is 0. The van der Waals surface area contributed by atoms with Gasteiger partial charge < -0.3 is 43.7 Å². The predicted molar refractivity (Wildman–Crippen MR) is 98.6 cm³/mol. The van der Waals surface area contributed by atoms with Crippen LogP contribution in [-0.4, -0.2) is 81.6 Å². The third-order valence-electron chi connectivity index (χ3n) is 0.642. The van der Waals surface area contributed by atoms with E-state index in [1.54, 1.807) is 0 Å². The third-order valence-corrected chi connectivity index (χ3v) is 0.642. The van der Waals surface area contributed by atoms with Gasteiger partial charge >= 0.3 is 29.6 Å². The first-order valence-corrected chi connectivity index (χ1v) is 7.16. The van der Waals surface area contributed by atoms with Gasteiger partial charge in [-0.3, -0.25) is 24.0 Å². The van der Waals surface area contributed by atoms with Crippen molar-refractivity contribution in [2.24, 2.45) is 11.5 Å². The van der Waals surface area contributed by atoms with Gasteiger partial charge in [-0.2, -0.15) is 0 Å². The first-order valence-electron chi connectivity index (χ1n) is 7.16. The maximum atomic E-state index is 9.00. The Labute approximate surface area is 204 Å². The Balaban J connectivity index is -0.0000000251. The van der Waals surface area contributed by atoms with Gasteiger partial charge in [0.2, 0.25) is 0 Å². The van der Waals surface area contributed by atoms with Crippen LogP contribution in [0.1, 0.15) is 36.0 Å². The Bertz CT molecular complexity index is 301. The zero-order valence-corrected chi connectivity index (χ0v) is 20.7. The molecule has 0 radical (unpaired) electrons. The standard InChI is InChI=1S/C4H13N3.5C2H4O2.Fe.Na.H/c5-1-3-7-4-2-6;5*1-2(3)4;;;/h7H,1-6H2;5*1H3,(H,3,4);;;/q;;;;;;;+1;-1. The topological polar surface area (TPSA) is 251 Å². The summed E-state index contributed by atoms with van der Waals surface area (Å²) in [5.74, 6) is -4.17. The van der Waals surface area contributed by atoms with Gasteiger partial charge in [0.05, 0.1) is 0 Å². The minimum Gasteiger partial charge on any atom is -1.00 e. The first kappa shape index (κ1) is 50.9. The Morgan fingerprint density at radius 2 is 0.724 bits per heavy atom. The van der Waals surface area contributed by atoms with E-state index in [1.165, 1.54) is 0 Å². The molecule has 15 heteroatoms. The molecule has 0 atom stereocenters. The van der Waals surface area contributed by atoms with Gasteiger partial charge in [-0.15, -0.1) is 0 Å². The molecule has 0 saturated heterocycles. The van der Waals surface area contributed by atoms with Crippen LogP contribution in [0.2, 0.25) is 0 Å². The number of nitrogens with two attached hydrogens (primary N) is 2. The molecule has 0 amide bonds. The molecule has 0 aromatic heterocycles. The van der Waals surface area contributed by atoms with E-state index in [0.717, 1.165) is 47.7 Å². The van der Waals surface area contributed by atoms with E-state index < -0.39 is 29.8 Å². The van der Waals surface area contributed by atoms with E-state index in [1.807, 2.05) is 0 Å². The molecule has 0 aliphatic carbocycles. The summed E-state index contributed by atoms with van der Waals surface area (Å²) < 4.78 is 0. The molecule has 0 heterocycles. The zero-order valence-electron chi connectivity index (χ0n) is 18.6. The summed E-state index contributed by atoms with van der Waals surface area (Å²) in [7, 11) is 0. The van der Waals surface area contributed by atoms with Crippen LogP contribution in [0.15, 0.2) is 0 Å². The quantitative estimate of drug-likeness (QED) is 0.141. The maximum absolute atomic E-state index is 9.00. The molecule has 10 N–H and O–H groups in total. The second-order valence-corrected chi connectivity index (χ2v) is 3.92. The molecule has 0 aliphatic rings. The fourth-order valence-electron chi connectivity index (χ4n) is 0.329. The van der Waals surface area contributed by atoms with Crippen LogP contribution >= 0.6 is 0 Å². The van der Waals surface area contributed by atoms with E-state index in [0.29, 0.717) is 13.1 Å². The van der Waals surface area contributed by atoms with Gasteiger partial charge in [-0.1, -0.05) is 0 Å². The second kappa shape index (κ2) is 50.5. The molecule has 0 aromatic carbocycles. The van der Waals surface area contributed by atoms with Crippen LogP contribution in [-0.2, 0) is 41.0 Å². The molecule has 0 saturated carbocycles. The van der Waals surface area contributed by atoms with E-state index in [9.17, 15) is 0 Å². The van der Waals surface area contributed by atoms with Gasteiger partial charge in [-0.05, 0) is 0 Å². The van der Waals surface area contributed by atoms with Crippen molar-refractivity contribution in [1.29, 1.82) is 0 Å². The molecule has 174 valence electrons. The van der Waals surface area contributed by atoms with Crippen molar-refractivity contribution in [3.8, 4) is 0 Å². The monoisotopic (exact) mass is 483 g/mol. The number of hydrogen-bond acceptors (Lipinski definition) is 8. The summed E-state index contributed by atoms with van der Waals surface area (Å²) in [6, 6.07) is 0. The summed E-state index contributed by atoms with van der Waals surface area (Å²) in [6.07, 6.45) is 0. The van der Waals surface area contributed by atoms with Crippen LogP contribution in [0.5, 0.6) is 0 Å². The van der Waals surface area contributed by atoms with E-state index in [4.69, 9.17) is 61.0 Å². The van der Waals surface area contributed by atoms with Gasteiger partial charge in [-0.25, -0.2) is 0 Å². The van der Waals surface area contributed by atoms with Crippen LogP contribution < -0.4 is 46.3 Å². The Hall–Kier alpha value is -1.25. The zero-order chi connectivity index (χ0) is 23.4. The van der Waals surface area contributed by atoms with Gasteiger partial charge in [0.1, 0.15) is 0 Å². The largest absolute Gasteiger partial charge is 1.00 e. The van der Waals surface area contributed by atoms with Gasteiger partial charge in [0.15, 0.2) is 0 Å². The predicted octanol–water partition coefficient (Wildman–Crippen LogP) is -3.94. The molecule has 13 nitrogen and oxygen atoms in total. The summed E-state index contributed by atoms with van der Waals surface area (Å²) in [5, 5.41) is 40.1. The van der Waals surface area contributed by atoms with Crippen molar-refractivity contribution in [2.75, 3.05) is 26.2 Å². The first-order chi connectivity index (χ1) is 12.1. The fraction of sp³-hybridized carbons (Fsp3) is 0.643. The summed E-state index contributed by atoms with van der Waals surface area (Å²) in [4.78, 5) is 45.0. The van der Waals surface area contributed by atoms with Crippen LogP contribution in [0.25, 0.3) is 0 Å². The average molecular weight is 483 g/mol. The molecule has 0 aromatic rings. The van der Waals surface area contributed by atoms with Crippen molar-refractivity contribution < 1.29 is 97.6 Å². The number of carboxylic acids is 5. The molecular weight excluding hydrogens is 449 g/mol. The molecule has 0 fully saturated rings. The molecule has 0 rings (SSSR count). The normalized spacial score (nSPS) is 6.59. The third kappa shape index (κ3) is 2170. The molecule has 0 unspecified atom stereocenters. The van der Waals surface area contributed by atoms with Crippen molar-refractivity contribution in [3.05, 3.63) is 0 Å².